The molecule has 0 aliphatic carbocycles. The highest BCUT2D eigenvalue weighted by molar-refractivity contribution is 5.47. The molecule has 1 heterocycles. The van der Waals surface area contributed by atoms with Gasteiger partial charge in [0, 0.05) is 0 Å². The van der Waals surface area contributed by atoms with Gasteiger partial charge in [0.15, 0.2) is 0 Å². The number of rotatable bonds is 8. The lowest BCUT2D eigenvalue weighted by molar-refractivity contribution is 0.201. The van der Waals surface area contributed by atoms with Gasteiger partial charge in [0.2, 0.25) is 0 Å². The Kier molecular flexibility index (Phi) is 7.15. The molecule has 0 radical (unpaired) electrons. The molecule has 3 N–H and O–H groups in total. The van der Waals surface area contributed by atoms with Crippen LogP contribution < -0.4 is 0 Å². The van der Waals surface area contributed by atoms with Gasteiger partial charge in [-0.25, -0.2) is 0 Å². The molecule has 4 heteroatoms. The summed E-state index contributed by atoms with van der Waals surface area (Å²) in [7, 11) is 0. The first-order chi connectivity index (χ1) is 9.97. The zero-order chi connectivity index (χ0) is 15.8. The van der Waals surface area contributed by atoms with E-state index < -0.39 is 6.10 Å². The largest absolute Gasteiger partial charge is 0.459 e. The van der Waals surface area contributed by atoms with Gasteiger partial charge >= 0.3 is 0 Å². The molecule has 1 aromatic heterocycles. The van der Waals surface area contributed by atoms with Crippen LogP contribution in [0.3, 0.4) is 0 Å². The fourth-order valence-corrected chi connectivity index (χ4v) is 2.09. The predicted molar refractivity (Wildman–Crippen MR) is 83.5 cm³/mol. The summed E-state index contributed by atoms with van der Waals surface area (Å²) in [6, 6.07) is 3.54. The zero-order valence-electron chi connectivity index (χ0n) is 12.7. The van der Waals surface area contributed by atoms with Gasteiger partial charge in [-0.05, 0) is 50.5 Å². The van der Waals surface area contributed by atoms with Gasteiger partial charge in [-0.3, -0.25) is 0 Å². The van der Waals surface area contributed by atoms with Crippen LogP contribution in [0.5, 0.6) is 0 Å². The monoisotopic (exact) mass is 292 g/mol. The van der Waals surface area contributed by atoms with Gasteiger partial charge in [-0.2, -0.15) is 0 Å². The van der Waals surface area contributed by atoms with E-state index in [1.807, 2.05) is 19.9 Å². The van der Waals surface area contributed by atoms with Crippen molar-refractivity contribution in [3.05, 3.63) is 53.0 Å². The molecule has 0 aliphatic rings. The Balaban J connectivity index is 2.60. The Hall–Kier alpha value is -1.62. The quantitative estimate of drug-likeness (QED) is 0.644. The third-order valence-corrected chi connectivity index (χ3v) is 3.20. The fraction of sp³-hybridized carbons (Fsp3) is 0.412. The lowest BCUT2D eigenvalue weighted by Crippen LogP contribution is -2.12. The Morgan fingerprint density at radius 3 is 2.57 bits per heavy atom. The van der Waals surface area contributed by atoms with Crippen LogP contribution in [0.25, 0.3) is 6.08 Å². The highest BCUT2D eigenvalue weighted by atomic mass is 16.4. The maximum absolute atomic E-state index is 10.1. The van der Waals surface area contributed by atoms with Crippen molar-refractivity contribution in [1.29, 1.82) is 0 Å². The second kappa shape index (κ2) is 8.62. The molecule has 0 fully saturated rings. The first-order valence-electron chi connectivity index (χ1n) is 6.99. The van der Waals surface area contributed by atoms with Gasteiger partial charge in [0.1, 0.15) is 18.1 Å². The molecule has 21 heavy (non-hydrogen) atoms. The molecule has 1 rings (SSSR count). The van der Waals surface area contributed by atoms with Crippen molar-refractivity contribution in [3.8, 4) is 0 Å². The van der Waals surface area contributed by atoms with Gasteiger partial charge in [0.25, 0.3) is 0 Å². The number of aliphatic hydroxyl groups excluding tert-OH is 3. The molecule has 0 saturated carbocycles. The third-order valence-electron chi connectivity index (χ3n) is 3.20. The van der Waals surface area contributed by atoms with Crippen LogP contribution >= 0.6 is 0 Å². The molecule has 116 valence electrons. The SMILES string of the molecule is C=C(C)/C(=C/CO)C(O)CC/C(C)=C/c1ccc(CO)o1. The smallest absolute Gasteiger partial charge is 0.130 e. The van der Waals surface area contributed by atoms with Crippen LogP contribution in [0.4, 0.5) is 0 Å². The number of hydrogen-bond acceptors (Lipinski definition) is 4. The Morgan fingerprint density at radius 2 is 2.05 bits per heavy atom. The second-order valence-corrected chi connectivity index (χ2v) is 5.13. The minimum Gasteiger partial charge on any atom is -0.459 e. The van der Waals surface area contributed by atoms with Gasteiger partial charge in [-0.15, -0.1) is 0 Å². The minimum absolute atomic E-state index is 0.107. The molecule has 0 saturated heterocycles. The summed E-state index contributed by atoms with van der Waals surface area (Å²) in [5.41, 5.74) is 2.51. The molecule has 4 nitrogen and oxygen atoms in total. The van der Waals surface area contributed by atoms with E-state index in [9.17, 15) is 5.11 Å². The fourth-order valence-electron chi connectivity index (χ4n) is 2.09. The maximum Gasteiger partial charge on any atom is 0.130 e. The first-order valence-corrected chi connectivity index (χ1v) is 6.99. The van der Waals surface area contributed by atoms with E-state index in [0.29, 0.717) is 29.9 Å². The molecule has 0 bridgehead atoms. The molecule has 1 unspecified atom stereocenters. The summed E-state index contributed by atoms with van der Waals surface area (Å²) in [5.74, 6) is 1.22. The summed E-state index contributed by atoms with van der Waals surface area (Å²) >= 11 is 0. The van der Waals surface area contributed by atoms with Crippen molar-refractivity contribution >= 4 is 6.08 Å². The Bertz CT molecular complexity index is 523. The maximum atomic E-state index is 10.1. The number of furan rings is 1. The number of hydrogen-bond donors (Lipinski definition) is 3. The first kappa shape index (κ1) is 17.4. The Morgan fingerprint density at radius 1 is 1.33 bits per heavy atom. The molecule has 0 aliphatic heterocycles. The second-order valence-electron chi connectivity index (χ2n) is 5.13. The van der Waals surface area contributed by atoms with Gasteiger partial charge in [0.05, 0.1) is 12.7 Å². The van der Waals surface area contributed by atoms with Crippen molar-refractivity contribution in [2.75, 3.05) is 6.61 Å². The number of allylic oxidation sites excluding steroid dienone is 1. The summed E-state index contributed by atoms with van der Waals surface area (Å²) in [5, 5.41) is 28.0. The van der Waals surface area contributed by atoms with E-state index >= 15 is 0 Å². The van der Waals surface area contributed by atoms with Crippen LogP contribution in [0.2, 0.25) is 0 Å². The van der Waals surface area contributed by atoms with Crippen molar-refractivity contribution in [3.63, 3.8) is 0 Å². The third kappa shape index (κ3) is 5.71. The summed E-state index contributed by atoms with van der Waals surface area (Å²) in [4.78, 5) is 0. The van der Waals surface area contributed by atoms with Crippen molar-refractivity contribution < 1.29 is 19.7 Å². The van der Waals surface area contributed by atoms with Crippen molar-refractivity contribution in [1.82, 2.24) is 0 Å². The minimum atomic E-state index is -0.636. The van der Waals surface area contributed by atoms with Crippen LogP contribution in [-0.2, 0) is 6.61 Å². The van der Waals surface area contributed by atoms with E-state index in [1.54, 1.807) is 18.2 Å². The van der Waals surface area contributed by atoms with E-state index in [2.05, 4.69) is 6.58 Å². The van der Waals surface area contributed by atoms with Crippen LogP contribution in [0, 0.1) is 0 Å². The lowest BCUT2D eigenvalue weighted by atomic mass is 9.97. The molecule has 0 spiro atoms. The zero-order valence-corrected chi connectivity index (χ0v) is 12.7. The molecular weight excluding hydrogens is 268 g/mol. The van der Waals surface area contributed by atoms with E-state index in [4.69, 9.17) is 14.6 Å². The average Bonchev–Trinajstić information content (AvgIpc) is 2.89. The van der Waals surface area contributed by atoms with Crippen molar-refractivity contribution in [2.24, 2.45) is 0 Å². The van der Waals surface area contributed by atoms with Crippen molar-refractivity contribution in [2.45, 2.75) is 39.4 Å². The highest BCUT2D eigenvalue weighted by Gasteiger charge is 2.11. The van der Waals surface area contributed by atoms with Gasteiger partial charge in [-0.1, -0.05) is 23.8 Å². The van der Waals surface area contributed by atoms with Gasteiger partial charge < -0.3 is 19.7 Å². The molecule has 1 aromatic rings. The molecular formula is C17H24O4. The summed E-state index contributed by atoms with van der Waals surface area (Å²) in [6.07, 6.45) is 4.09. The molecule has 0 aromatic carbocycles. The molecule has 0 amide bonds. The summed E-state index contributed by atoms with van der Waals surface area (Å²) < 4.78 is 5.39. The van der Waals surface area contributed by atoms with E-state index in [0.717, 1.165) is 11.1 Å². The Labute approximate surface area is 125 Å². The predicted octanol–water partition coefficient (Wildman–Crippen LogP) is 2.81. The van der Waals surface area contributed by atoms with Crippen LogP contribution in [0.1, 0.15) is 38.2 Å². The topological polar surface area (TPSA) is 73.8 Å². The number of aliphatic hydroxyl groups is 3. The van der Waals surface area contributed by atoms with E-state index in [-0.39, 0.29) is 13.2 Å². The van der Waals surface area contributed by atoms with E-state index in [1.165, 1.54) is 0 Å². The summed E-state index contributed by atoms with van der Waals surface area (Å²) in [6.45, 7) is 7.37. The highest BCUT2D eigenvalue weighted by Crippen LogP contribution is 2.20. The average molecular weight is 292 g/mol. The molecule has 1 atom stereocenters. The van der Waals surface area contributed by atoms with Crippen LogP contribution in [-0.4, -0.2) is 28.0 Å². The van der Waals surface area contributed by atoms with Crippen LogP contribution in [0.15, 0.2) is 45.9 Å². The standard InChI is InChI=1S/C17H24O4/c1-12(2)16(8-9-18)17(20)7-4-13(3)10-14-5-6-15(11-19)21-14/h5-6,8,10,17-20H,1,4,7,9,11H2,2-3H3/b13-10+,16-8-. The normalized spacial score (nSPS) is 14.3. The lowest BCUT2D eigenvalue weighted by Gasteiger charge is -2.15.